The molecule has 0 aliphatic carbocycles. The van der Waals surface area contributed by atoms with Crippen LogP contribution < -0.4 is 4.74 Å². The van der Waals surface area contributed by atoms with E-state index in [-0.39, 0.29) is 0 Å². The summed E-state index contributed by atoms with van der Waals surface area (Å²) in [6.45, 7) is 1.54. The average Bonchev–Trinajstić information content (AvgIpc) is 3.23. The Bertz CT molecular complexity index is 922. The lowest BCUT2D eigenvalue weighted by Crippen LogP contribution is -2.09. The first-order valence-corrected chi connectivity index (χ1v) is 9.36. The fourth-order valence-corrected chi connectivity index (χ4v) is 3.27. The molecule has 0 bridgehead atoms. The van der Waals surface area contributed by atoms with Crippen LogP contribution in [0, 0.1) is 5.41 Å². The SMILES string of the molecule is N=C(/C=C\Cc1n[nH]c(Cc2ccc3c(c2)CCO3)n1)C1=NCCC=CC1. The molecule has 0 amide bonds. The minimum absolute atomic E-state index is 0.470. The maximum atomic E-state index is 8.15. The first-order chi connectivity index (χ1) is 13.3. The third-order valence-electron chi connectivity index (χ3n) is 4.68. The predicted octanol–water partition coefficient (Wildman–Crippen LogP) is 3.24. The highest BCUT2D eigenvalue weighted by molar-refractivity contribution is 6.45. The van der Waals surface area contributed by atoms with E-state index in [1.54, 1.807) is 6.08 Å². The molecule has 0 saturated carbocycles. The maximum Gasteiger partial charge on any atom is 0.154 e. The molecule has 0 unspecified atom stereocenters. The topological polar surface area (TPSA) is 87.0 Å². The van der Waals surface area contributed by atoms with E-state index in [1.165, 1.54) is 11.1 Å². The summed E-state index contributed by atoms with van der Waals surface area (Å²) in [4.78, 5) is 9.02. The molecule has 0 radical (unpaired) electrons. The quantitative estimate of drug-likeness (QED) is 0.612. The first-order valence-electron chi connectivity index (χ1n) is 9.36. The molecule has 6 heteroatoms. The van der Waals surface area contributed by atoms with Gasteiger partial charge in [0.1, 0.15) is 11.6 Å². The number of aromatic nitrogens is 3. The highest BCUT2D eigenvalue weighted by Gasteiger charge is 2.13. The van der Waals surface area contributed by atoms with Gasteiger partial charge >= 0.3 is 0 Å². The Morgan fingerprint density at radius 2 is 2.26 bits per heavy atom. The number of allylic oxidation sites excluding steroid dienone is 3. The molecular formula is C21H23N5O. The standard InChI is InChI=1S/C21H23N5O/c22-17(18-6-2-1-3-11-23-18)5-4-7-20-24-21(26-25-20)14-15-8-9-19-16(13-15)10-12-27-19/h1-2,4-5,8-9,13,22H,3,6-7,10-12,14H2,(H,24,25,26)/b5-4-,22-17?. The molecule has 1 aromatic carbocycles. The zero-order valence-corrected chi connectivity index (χ0v) is 15.2. The Morgan fingerprint density at radius 1 is 1.30 bits per heavy atom. The van der Waals surface area contributed by atoms with Gasteiger partial charge in [0.2, 0.25) is 0 Å². The Kier molecular flexibility index (Phi) is 5.23. The van der Waals surface area contributed by atoms with E-state index in [4.69, 9.17) is 10.1 Å². The monoisotopic (exact) mass is 361 g/mol. The normalized spacial score (nSPS) is 16.1. The molecule has 0 atom stereocenters. The number of benzene rings is 1. The molecular weight excluding hydrogens is 338 g/mol. The summed E-state index contributed by atoms with van der Waals surface area (Å²) in [5.74, 6) is 2.59. The van der Waals surface area contributed by atoms with Gasteiger partial charge in [0.15, 0.2) is 5.82 Å². The molecule has 27 heavy (non-hydrogen) atoms. The van der Waals surface area contributed by atoms with E-state index in [2.05, 4.69) is 44.5 Å². The summed E-state index contributed by atoms with van der Waals surface area (Å²) in [5.41, 5.74) is 3.79. The van der Waals surface area contributed by atoms with Crippen LogP contribution in [0.15, 0.2) is 47.5 Å². The summed E-state index contributed by atoms with van der Waals surface area (Å²) < 4.78 is 5.55. The van der Waals surface area contributed by atoms with Gasteiger partial charge in [-0.05, 0) is 29.7 Å². The van der Waals surface area contributed by atoms with Crippen molar-refractivity contribution >= 4 is 11.4 Å². The van der Waals surface area contributed by atoms with E-state index in [9.17, 15) is 0 Å². The van der Waals surface area contributed by atoms with Crippen LogP contribution in [0.25, 0.3) is 0 Å². The van der Waals surface area contributed by atoms with Crippen LogP contribution in [0.5, 0.6) is 5.75 Å². The number of hydrogen-bond acceptors (Lipinski definition) is 5. The van der Waals surface area contributed by atoms with Gasteiger partial charge < -0.3 is 4.74 Å². The number of fused-ring (bicyclic) bond motifs is 1. The first kappa shape index (κ1) is 17.4. The summed E-state index contributed by atoms with van der Waals surface area (Å²) >= 11 is 0. The molecule has 138 valence electrons. The molecule has 6 nitrogen and oxygen atoms in total. The number of nitrogens with zero attached hydrogens (tertiary/aromatic N) is 3. The smallest absolute Gasteiger partial charge is 0.154 e. The van der Waals surface area contributed by atoms with Crippen LogP contribution in [0.1, 0.15) is 35.6 Å². The lowest BCUT2D eigenvalue weighted by Gasteiger charge is -2.02. The number of ether oxygens (including phenoxy) is 1. The molecule has 1 aromatic heterocycles. The van der Waals surface area contributed by atoms with Crippen molar-refractivity contribution < 1.29 is 4.74 Å². The molecule has 3 heterocycles. The van der Waals surface area contributed by atoms with Crippen LogP contribution in [0.3, 0.4) is 0 Å². The van der Waals surface area contributed by atoms with Crippen molar-refractivity contribution in [2.45, 2.75) is 32.1 Å². The van der Waals surface area contributed by atoms with Crippen molar-refractivity contribution in [3.63, 3.8) is 0 Å². The molecule has 4 rings (SSSR count). The molecule has 2 aromatic rings. The number of H-pyrrole nitrogens is 1. The average molecular weight is 361 g/mol. The maximum absolute atomic E-state index is 8.15. The fraction of sp³-hybridized carbons (Fsp3) is 0.333. The third-order valence-corrected chi connectivity index (χ3v) is 4.68. The van der Waals surface area contributed by atoms with Crippen LogP contribution in [-0.4, -0.2) is 39.8 Å². The lowest BCUT2D eigenvalue weighted by molar-refractivity contribution is 0.357. The lowest BCUT2D eigenvalue weighted by atomic mass is 10.1. The minimum atomic E-state index is 0.470. The van der Waals surface area contributed by atoms with E-state index in [0.29, 0.717) is 12.1 Å². The summed E-state index contributed by atoms with van der Waals surface area (Å²) in [6, 6.07) is 6.30. The third kappa shape index (κ3) is 4.39. The van der Waals surface area contributed by atoms with Crippen LogP contribution >= 0.6 is 0 Å². The predicted molar refractivity (Wildman–Crippen MR) is 106 cm³/mol. The number of rotatable bonds is 6. The summed E-state index contributed by atoms with van der Waals surface area (Å²) in [5, 5.41) is 15.5. The van der Waals surface area contributed by atoms with E-state index < -0.39 is 0 Å². The van der Waals surface area contributed by atoms with Crippen LogP contribution in [-0.2, 0) is 19.3 Å². The number of aliphatic imine (C=N–C) groups is 1. The summed E-state index contributed by atoms with van der Waals surface area (Å²) in [6.07, 6.45) is 11.9. The van der Waals surface area contributed by atoms with Gasteiger partial charge in [-0.1, -0.05) is 30.4 Å². The van der Waals surface area contributed by atoms with E-state index in [0.717, 1.165) is 61.9 Å². The highest BCUT2D eigenvalue weighted by Crippen LogP contribution is 2.26. The van der Waals surface area contributed by atoms with Gasteiger partial charge in [0.05, 0.1) is 18.0 Å². The Hall–Kier alpha value is -3.02. The van der Waals surface area contributed by atoms with Crippen molar-refractivity contribution in [1.29, 1.82) is 5.41 Å². The van der Waals surface area contributed by atoms with Gasteiger partial charge in [0, 0.05) is 32.2 Å². The fourth-order valence-electron chi connectivity index (χ4n) is 3.27. The largest absolute Gasteiger partial charge is 0.493 e. The zero-order chi connectivity index (χ0) is 18.5. The van der Waals surface area contributed by atoms with E-state index in [1.807, 2.05) is 12.1 Å². The van der Waals surface area contributed by atoms with Gasteiger partial charge in [-0.2, -0.15) is 5.10 Å². The van der Waals surface area contributed by atoms with Crippen molar-refractivity contribution in [2.75, 3.05) is 13.2 Å². The number of hydrogen-bond donors (Lipinski definition) is 2. The van der Waals surface area contributed by atoms with Gasteiger partial charge in [0.25, 0.3) is 0 Å². The van der Waals surface area contributed by atoms with Crippen LogP contribution in [0.2, 0.25) is 0 Å². The van der Waals surface area contributed by atoms with E-state index >= 15 is 0 Å². The van der Waals surface area contributed by atoms with Crippen molar-refractivity contribution in [3.8, 4) is 5.75 Å². The van der Waals surface area contributed by atoms with Crippen molar-refractivity contribution in [3.05, 3.63) is 65.3 Å². The van der Waals surface area contributed by atoms with Gasteiger partial charge in [-0.3, -0.25) is 15.5 Å². The molecule has 2 aliphatic rings. The molecule has 0 spiro atoms. The van der Waals surface area contributed by atoms with Gasteiger partial charge in [-0.25, -0.2) is 4.98 Å². The highest BCUT2D eigenvalue weighted by atomic mass is 16.5. The number of nitrogens with one attached hydrogen (secondary N) is 2. The molecule has 0 fully saturated rings. The van der Waals surface area contributed by atoms with Crippen molar-refractivity contribution in [2.24, 2.45) is 4.99 Å². The molecule has 2 aliphatic heterocycles. The minimum Gasteiger partial charge on any atom is -0.493 e. The Labute approximate surface area is 158 Å². The van der Waals surface area contributed by atoms with Crippen molar-refractivity contribution in [1.82, 2.24) is 15.2 Å². The second-order valence-electron chi connectivity index (χ2n) is 6.73. The molecule has 0 saturated heterocycles. The van der Waals surface area contributed by atoms with Crippen LogP contribution in [0.4, 0.5) is 0 Å². The summed E-state index contributed by atoms with van der Waals surface area (Å²) in [7, 11) is 0. The zero-order valence-electron chi connectivity index (χ0n) is 15.2. The molecule has 2 N–H and O–H groups in total. The second kappa shape index (κ2) is 8.12. The number of aromatic amines is 1. The Balaban J connectivity index is 1.33. The Morgan fingerprint density at radius 3 is 3.22 bits per heavy atom. The second-order valence-corrected chi connectivity index (χ2v) is 6.73. The van der Waals surface area contributed by atoms with Gasteiger partial charge in [-0.15, -0.1) is 0 Å².